The number of hydrogen-bond donors (Lipinski definition) is 0. The summed E-state index contributed by atoms with van der Waals surface area (Å²) in [4.78, 5) is 0. The predicted octanol–water partition coefficient (Wildman–Crippen LogP) is 3.27. The van der Waals surface area contributed by atoms with Crippen LogP contribution in [0, 0.1) is 17.5 Å². The molecule has 0 radical (unpaired) electrons. The normalized spacial score (nSPS) is 10.7. The van der Waals surface area contributed by atoms with Gasteiger partial charge in [-0.1, -0.05) is 12.1 Å². The van der Waals surface area contributed by atoms with Crippen LogP contribution in [-0.2, 0) is 0 Å². The highest BCUT2D eigenvalue weighted by atomic mass is 19.2. The Morgan fingerprint density at radius 3 is 2.27 bits per heavy atom. The van der Waals surface area contributed by atoms with Gasteiger partial charge in [-0.15, -0.1) is 0 Å². The van der Waals surface area contributed by atoms with Crippen LogP contribution in [0.15, 0.2) is 24.3 Å². The molecule has 0 atom stereocenters. The van der Waals surface area contributed by atoms with E-state index in [9.17, 15) is 13.2 Å². The molecule has 0 aliphatic heterocycles. The average molecular weight is 212 g/mol. The van der Waals surface area contributed by atoms with E-state index in [0.29, 0.717) is 5.39 Å². The Morgan fingerprint density at radius 2 is 1.60 bits per heavy atom. The van der Waals surface area contributed by atoms with Crippen molar-refractivity contribution in [2.45, 2.75) is 0 Å². The van der Waals surface area contributed by atoms with Gasteiger partial charge in [-0.3, -0.25) is 0 Å². The molecule has 0 aromatic heterocycles. The minimum Gasteiger partial charge on any atom is -0.494 e. The quantitative estimate of drug-likeness (QED) is 0.704. The van der Waals surface area contributed by atoms with Crippen molar-refractivity contribution >= 4 is 10.8 Å². The average Bonchev–Trinajstić information content (AvgIpc) is 2.24. The maximum Gasteiger partial charge on any atom is 0.175 e. The van der Waals surface area contributed by atoms with E-state index >= 15 is 0 Å². The zero-order chi connectivity index (χ0) is 11.0. The highest BCUT2D eigenvalue weighted by Gasteiger charge is 2.14. The molecule has 2 aromatic carbocycles. The van der Waals surface area contributed by atoms with E-state index in [1.54, 1.807) is 0 Å². The second-order valence-electron chi connectivity index (χ2n) is 3.04. The SMILES string of the molecule is COc1ccc2ccc(F)c(F)c2c1F. The van der Waals surface area contributed by atoms with Crippen molar-refractivity contribution in [3.05, 3.63) is 41.7 Å². The standard InChI is InChI=1S/C11H7F3O/c1-15-8-5-3-6-2-4-7(12)10(13)9(6)11(8)14/h2-5H,1H3. The lowest BCUT2D eigenvalue weighted by Crippen LogP contribution is -1.93. The third kappa shape index (κ3) is 1.42. The zero-order valence-electron chi connectivity index (χ0n) is 7.85. The fraction of sp³-hybridized carbons (Fsp3) is 0.0909. The van der Waals surface area contributed by atoms with Crippen LogP contribution in [0.5, 0.6) is 5.75 Å². The van der Waals surface area contributed by atoms with E-state index in [1.165, 1.54) is 25.3 Å². The van der Waals surface area contributed by atoms with Gasteiger partial charge < -0.3 is 4.74 Å². The van der Waals surface area contributed by atoms with E-state index in [2.05, 4.69) is 4.74 Å². The number of hydrogen-bond acceptors (Lipinski definition) is 1. The van der Waals surface area contributed by atoms with Crippen molar-refractivity contribution in [3.63, 3.8) is 0 Å². The van der Waals surface area contributed by atoms with Gasteiger partial charge in [0.2, 0.25) is 0 Å². The summed E-state index contributed by atoms with van der Waals surface area (Å²) in [5.41, 5.74) is 0. The summed E-state index contributed by atoms with van der Waals surface area (Å²) < 4.78 is 44.4. The minimum atomic E-state index is -1.19. The monoisotopic (exact) mass is 212 g/mol. The first-order valence-electron chi connectivity index (χ1n) is 4.25. The molecule has 0 unspecified atom stereocenters. The van der Waals surface area contributed by atoms with E-state index in [-0.39, 0.29) is 11.1 Å². The van der Waals surface area contributed by atoms with E-state index in [0.717, 1.165) is 6.07 Å². The van der Waals surface area contributed by atoms with Gasteiger partial charge in [0.25, 0.3) is 0 Å². The molecule has 15 heavy (non-hydrogen) atoms. The Bertz CT molecular complexity index is 523. The first-order chi connectivity index (χ1) is 7.15. The molecule has 0 aliphatic carbocycles. The smallest absolute Gasteiger partial charge is 0.175 e. The van der Waals surface area contributed by atoms with Crippen molar-refractivity contribution in [1.82, 2.24) is 0 Å². The number of halogens is 3. The molecule has 0 saturated carbocycles. The first kappa shape index (κ1) is 9.83. The van der Waals surface area contributed by atoms with Gasteiger partial charge in [0.1, 0.15) is 0 Å². The highest BCUT2D eigenvalue weighted by molar-refractivity contribution is 5.85. The van der Waals surface area contributed by atoms with Crippen LogP contribution in [0.25, 0.3) is 10.8 Å². The molecule has 0 spiro atoms. The molecule has 0 fully saturated rings. The van der Waals surface area contributed by atoms with Crippen LogP contribution in [0.1, 0.15) is 0 Å². The molecular weight excluding hydrogens is 205 g/mol. The Labute approximate surface area is 84.1 Å². The Hall–Kier alpha value is -1.71. The van der Waals surface area contributed by atoms with Crippen molar-refractivity contribution in [3.8, 4) is 5.75 Å². The molecule has 0 aliphatic rings. The van der Waals surface area contributed by atoms with Crippen LogP contribution in [0.4, 0.5) is 13.2 Å². The van der Waals surface area contributed by atoms with Gasteiger partial charge in [-0.2, -0.15) is 0 Å². The Balaban J connectivity index is 2.89. The second kappa shape index (κ2) is 3.46. The van der Waals surface area contributed by atoms with Crippen molar-refractivity contribution < 1.29 is 17.9 Å². The Kier molecular flexibility index (Phi) is 2.26. The number of fused-ring (bicyclic) bond motifs is 1. The summed E-state index contributed by atoms with van der Waals surface area (Å²) in [5, 5.41) is -0.0819. The molecule has 0 heterocycles. The lowest BCUT2D eigenvalue weighted by molar-refractivity contribution is 0.388. The summed E-state index contributed by atoms with van der Waals surface area (Å²) >= 11 is 0. The molecule has 78 valence electrons. The predicted molar refractivity (Wildman–Crippen MR) is 50.4 cm³/mol. The number of benzene rings is 2. The van der Waals surface area contributed by atoms with Crippen LogP contribution in [-0.4, -0.2) is 7.11 Å². The van der Waals surface area contributed by atoms with Crippen LogP contribution in [0.2, 0.25) is 0 Å². The highest BCUT2D eigenvalue weighted by Crippen LogP contribution is 2.29. The summed E-state index contributed by atoms with van der Waals surface area (Å²) in [7, 11) is 1.27. The van der Waals surface area contributed by atoms with Gasteiger partial charge in [-0.05, 0) is 17.5 Å². The Morgan fingerprint density at radius 1 is 0.933 bits per heavy atom. The third-order valence-electron chi connectivity index (χ3n) is 2.20. The maximum absolute atomic E-state index is 13.6. The van der Waals surface area contributed by atoms with Crippen LogP contribution in [0.3, 0.4) is 0 Å². The minimum absolute atomic E-state index is 0.105. The molecular formula is C11H7F3O. The van der Waals surface area contributed by atoms with E-state index < -0.39 is 17.5 Å². The third-order valence-corrected chi connectivity index (χ3v) is 2.20. The van der Waals surface area contributed by atoms with Crippen molar-refractivity contribution in [2.24, 2.45) is 0 Å². The lowest BCUT2D eigenvalue weighted by Gasteiger charge is -2.06. The molecule has 0 saturated heterocycles. The van der Waals surface area contributed by atoms with Gasteiger partial charge >= 0.3 is 0 Å². The molecule has 0 bridgehead atoms. The van der Waals surface area contributed by atoms with Crippen molar-refractivity contribution in [2.75, 3.05) is 7.11 Å². The number of methoxy groups -OCH3 is 1. The van der Waals surface area contributed by atoms with E-state index in [4.69, 9.17) is 0 Å². The maximum atomic E-state index is 13.6. The van der Waals surface area contributed by atoms with E-state index in [1.807, 2.05) is 0 Å². The lowest BCUT2D eigenvalue weighted by atomic mass is 10.1. The van der Waals surface area contributed by atoms with Gasteiger partial charge in [0.05, 0.1) is 12.5 Å². The van der Waals surface area contributed by atoms with Gasteiger partial charge in [0.15, 0.2) is 23.2 Å². The van der Waals surface area contributed by atoms with Crippen LogP contribution >= 0.6 is 0 Å². The summed E-state index contributed by atoms with van der Waals surface area (Å²) in [5.74, 6) is -3.25. The molecule has 4 heteroatoms. The molecule has 1 nitrogen and oxygen atoms in total. The fourth-order valence-corrected chi connectivity index (χ4v) is 1.45. The van der Waals surface area contributed by atoms with Crippen molar-refractivity contribution in [1.29, 1.82) is 0 Å². The number of ether oxygens (including phenoxy) is 1. The topological polar surface area (TPSA) is 9.23 Å². The summed E-state index contributed by atoms with van der Waals surface area (Å²) in [6.07, 6.45) is 0. The molecule has 0 amide bonds. The molecule has 2 rings (SSSR count). The summed E-state index contributed by atoms with van der Waals surface area (Å²) in [6, 6.07) is 5.12. The number of rotatable bonds is 1. The molecule has 0 N–H and O–H groups in total. The van der Waals surface area contributed by atoms with Gasteiger partial charge in [-0.25, -0.2) is 13.2 Å². The first-order valence-corrected chi connectivity index (χ1v) is 4.25. The molecule has 2 aromatic rings. The zero-order valence-corrected chi connectivity index (χ0v) is 7.85. The largest absolute Gasteiger partial charge is 0.494 e. The van der Waals surface area contributed by atoms with Gasteiger partial charge in [0, 0.05) is 0 Å². The fourth-order valence-electron chi connectivity index (χ4n) is 1.45. The van der Waals surface area contributed by atoms with Crippen LogP contribution < -0.4 is 4.74 Å². The second-order valence-corrected chi connectivity index (χ2v) is 3.04. The summed E-state index contributed by atoms with van der Waals surface area (Å²) in [6.45, 7) is 0.